The van der Waals surface area contributed by atoms with E-state index in [1.54, 1.807) is 10.9 Å². The molecule has 22 heavy (non-hydrogen) atoms. The fourth-order valence-electron chi connectivity index (χ4n) is 2.58. The van der Waals surface area contributed by atoms with Gasteiger partial charge in [-0.1, -0.05) is 11.2 Å². The Labute approximate surface area is 123 Å². The predicted molar refractivity (Wildman–Crippen MR) is 70.8 cm³/mol. The molecule has 0 aliphatic heterocycles. The quantitative estimate of drug-likeness (QED) is 0.493. The first-order chi connectivity index (χ1) is 10.5. The second-order valence-corrected chi connectivity index (χ2v) is 5.01. The van der Waals surface area contributed by atoms with Crippen LogP contribution in [0, 0.1) is 0 Å². The number of rotatable bonds is 3. The Kier molecular flexibility index (Phi) is 3.50. The molecular weight excluding hydrogens is 297 g/mol. The van der Waals surface area contributed by atoms with Crippen LogP contribution in [0.2, 0.25) is 0 Å². The van der Waals surface area contributed by atoms with E-state index in [4.69, 9.17) is 5.53 Å². The van der Waals surface area contributed by atoms with Gasteiger partial charge in [-0.3, -0.25) is 9.67 Å². The highest BCUT2D eigenvalue weighted by atomic mass is 19.4. The lowest BCUT2D eigenvalue weighted by Crippen LogP contribution is -2.09. The molecule has 0 N–H and O–H groups in total. The average Bonchev–Trinajstić information content (AvgIpc) is 3.03. The Morgan fingerprint density at radius 2 is 2.18 bits per heavy atom. The highest BCUT2D eigenvalue weighted by molar-refractivity contribution is 5.28. The van der Waals surface area contributed by atoms with Gasteiger partial charge in [-0.15, -0.1) is 0 Å². The summed E-state index contributed by atoms with van der Waals surface area (Å²) in [4.78, 5) is 6.25. The first kappa shape index (κ1) is 14.4. The minimum atomic E-state index is -4.44. The maximum atomic E-state index is 12.5. The normalized spacial score (nSPS) is 17.1. The zero-order chi connectivity index (χ0) is 15.7. The highest BCUT2D eigenvalue weighted by Gasteiger charge is 2.32. The zero-order valence-electron chi connectivity index (χ0n) is 11.3. The number of fused-ring (bicyclic) bond motifs is 1. The first-order valence-corrected chi connectivity index (χ1v) is 6.60. The lowest BCUT2D eigenvalue weighted by Gasteiger charge is -2.08. The third-order valence-electron chi connectivity index (χ3n) is 3.63. The third-order valence-corrected chi connectivity index (χ3v) is 3.63. The van der Waals surface area contributed by atoms with Gasteiger partial charge in [0.2, 0.25) is 0 Å². The summed E-state index contributed by atoms with van der Waals surface area (Å²) >= 11 is 0. The van der Waals surface area contributed by atoms with Crippen molar-refractivity contribution in [2.75, 3.05) is 0 Å². The van der Waals surface area contributed by atoms with Crippen LogP contribution in [0.25, 0.3) is 10.4 Å². The van der Waals surface area contributed by atoms with E-state index in [2.05, 4.69) is 20.1 Å². The van der Waals surface area contributed by atoms with Gasteiger partial charge in [0.15, 0.2) is 0 Å². The van der Waals surface area contributed by atoms with E-state index in [1.165, 1.54) is 12.3 Å². The van der Waals surface area contributed by atoms with Crippen molar-refractivity contribution >= 4 is 0 Å². The Hall–Kier alpha value is -2.54. The van der Waals surface area contributed by atoms with Crippen molar-refractivity contribution in [2.24, 2.45) is 5.11 Å². The monoisotopic (exact) mass is 308 g/mol. The van der Waals surface area contributed by atoms with E-state index in [0.29, 0.717) is 12.1 Å². The Balaban J connectivity index is 1.80. The van der Waals surface area contributed by atoms with Gasteiger partial charge in [-0.25, -0.2) is 0 Å². The van der Waals surface area contributed by atoms with Crippen LogP contribution in [0.1, 0.15) is 35.0 Å². The van der Waals surface area contributed by atoms with Crippen LogP contribution in [0.15, 0.2) is 29.6 Å². The number of nitrogens with zero attached hydrogens (tertiary/aromatic N) is 6. The predicted octanol–water partition coefficient (Wildman–Crippen LogP) is 3.64. The molecule has 114 valence electrons. The van der Waals surface area contributed by atoms with Crippen molar-refractivity contribution in [3.05, 3.63) is 57.5 Å². The molecule has 1 atom stereocenters. The van der Waals surface area contributed by atoms with Gasteiger partial charge in [0.25, 0.3) is 0 Å². The third kappa shape index (κ3) is 2.62. The van der Waals surface area contributed by atoms with Gasteiger partial charge in [0.05, 0.1) is 18.8 Å². The molecule has 0 fully saturated rings. The van der Waals surface area contributed by atoms with Gasteiger partial charge < -0.3 is 0 Å². The summed E-state index contributed by atoms with van der Waals surface area (Å²) in [6, 6.07) is 2.14. The summed E-state index contributed by atoms with van der Waals surface area (Å²) in [7, 11) is 0. The molecular formula is C13H11F3N6. The molecule has 9 heteroatoms. The maximum Gasteiger partial charge on any atom is 0.433 e. The molecule has 0 aromatic carbocycles. The van der Waals surface area contributed by atoms with E-state index >= 15 is 0 Å². The fraction of sp³-hybridized carbons (Fsp3) is 0.385. The Morgan fingerprint density at radius 1 is 1.36 bits per heavy atom. The van der Waals surface area contributed by atoms with Crippen molar-refractivity contribution in [3.63, 3.8) is 0 Å². The smallest absolute Gasteiger partial charge is 0.265 e. The number of alkyl halides is 3. The first-order valence-electron chi connectivity index (χ1n) is 6.60. The minimum Gasteiger partial charge on any atom is -0.265 e. The van der Waals surface area contributed by atoms with Crippen LogP contribution in [0.4, 0.5) is 13.2 Å². The van der Waals surface area contributed by atoms with Crippen LogP contribution in [0.3, 0.4) is 0 Å². The van der Waals surface area contributed by atoms with E-state index in [9.17, 15) is 13.2 Å². The molecule has 2 aromatic heterocycles. The Bertz CT molecular complexity index is 727. The SMILES string of the molecule is [N-]=[N+]=NC1CCc2c1cnn2Cc1ccc(C(F)(F)F)nc1. The van der Waals surface area contributed by atoms with Crippen LogP contribution < -0.4 is 0 Å². The summed E-state index contributed by atoms with van der Waals surface area (Å²) in [5.74, 6) is 0. The van der Waals surface area contributed by atoms with Gasteiger partial charge in [-0.05, 0) is 30.0 Å². The van der Waals surface area contributed by atoms with Crippen molar-refractivity contribution in [1.29, 1.82) is 0 Å². The molecule has 0 saturated heterocycles. The topological polar surface area (TPSA) is 79.5 Å². The van der Waals surface area contributed by atoms with Crippen molar-refractivity contribution < 1.29 is 13.2 Å². The Morgan fingerprint density at radius 3 is 2.82 bits per heavy atom. The van der Waals surface area contributed by atoms with E-state index in [1.807, 2.05) is 0 Å². The second kappa shape index (κ2) is 5.34. The molecule has 2 heterocycles. The summed E-state index contributed by atoms with van der Waals surface area (Å²) in [5.41, 5.74) is 10.1. The molecule has 1 unspecified atom stereocenters. The van der Waals surface area contributed by atoms with Gasteiger partial charge in [0, 0.05) is 22.4 Å². The molecule has 1 aliphatic rings. The number of azide groups is 1. The summed E-state index contributed by atoms with van der Waals surface area (Å²) in [6.45, 7) is 0.337. The van der Waals surface area contributed by atoms with Gasteiger partial charge in [0.1, 0.15) is 5.69 Å². The lowest BCUT2D eigenvalue weighted by molar-refractivity contribution is -0.141. The average molecular weight is 308 g/mol. The van der Waals surface area contributed by atoms with Crippen LogP contribution in [0.5, 0.6) is 0 Å². The molecule has 0 amide bonds. The van der Waals surface area contributed by atoms with Crippen molar-refractivity contribution in [1.82, 2.24) is 14.8 Å². The highest BCUT2D eigenvalue weighted by Crippen LogP contribution is 2.34. The number of hydrogen-bond acceptors (Lipinski definition) is 3. The molecule has 0 bridgehead atoms. The largest absolute Gasteiger partial charge is 0.433 e. The molecule has 0 saturated carbocycles. The van der Waals surface area contributed by atoms with Crippen LogP contribution in [-0.4, -0.2) is 14.8 Å². The summed E-state index contributed by atoms with van der Waals surface area (Å²) in [6.07, 6.45) is -0.125. The van der Waals surface area contributed by atoms with Gasteiger partial charge in [-0.2, -0.15) is 18.3 Å². The number of aromatic nitrogens is 3. The fourth-order valence-corrected chi connectivity index (χ4v) is 2.58. The number of hydrogen-bond donors (Lipinski definition) is 0. The van der Waals surface area contributed by atoms with Crippen molar-refractivity contribution in [2.45, 2.75) is 31.6 Å². The molecule has 0 spiro atoms. The van der Waals surface area contributed by atoms with Crippen LogP contribution >= 0.6 is 0 Å². The molecule has 0 radical (unpaired) electrons. The molecule has 6 nitrogen and oxygen atoms in total. The van der Waals surface area contributed by atoms with E-state index in [0.717, 1.165) is 30.2 Å². The zero-order valence-corrected chi connectivity index (χ0v) is 11.3. The van der Waals surface area contributed by atoms with Crippen molar-refractivity contribution in [3.8, 4) is 0 Å². The summed E-state index contributed by atoms with van der Waals surface area (Å²) in [5, 5.41) is 7.93. The van der Waals surface area contributed by atoms with Gasteiger partial charge >= 0.3 is 6.18 Å². The second-order valence-electron chi connectivity index (χ2n) is 5.01. The standard InChI is InChI=1S/C13H11F3N6/c14-13(15,16)12-4-1-8(5-18-12)7-22-11-3-2-10(20-21-17)9(11)6-19-22/h1,4-6,10H,2-3,7H2. The maximum absolute atomic E-state index is 12.5. The number of halogens is 3. The number of pyridine rings is 1. The summed E-state index contributed by atoms with van der Waals surface area (Å²) < 4.78 is 39.1. The van der Waals surface area contributed by atoms with E-state index < -0.39 is 11.9 Å². The molecule has 3 rings (SSSR count). The minimum absolute atomic E-state index is 0.209. The van der Waals surface area contributed by atoms with Crippen LogP contribution in [-0.2, 0) is 19.1 Å². The molecule has 2 aromatic rings. The molecule has 1 aliphatic carbocycles. The lowest BCUT2D eigenvalue weighted by atomic mass is 10.2. The van der Waals surface area contributed by atoms with E-state index in [-0.39, 0.29) is 6.04 Å².